The van der Waals surface area contributed by atoms with E-state index >= 15 is 0 Å². The summed E-state index contributed by atoms with van der Waals surface area (Å²) in [6.07, 6.45) is 1.98. The molecule has 0 fully saturated rings. The van der Waals surface area contributed by atoms with E-state index in [9.17, 15) is 0 Å². The van der Waals surface area contributed by atoms with E-state index in [4.69, 9.17) is 11.6 Å². The van der Waals surface area contributed by atoms with Gasteiger partial charge in [0.25, 0.3) is 0 Å². The lowest BCUT2D eigenvalue weighted by molar-refractivity contribution is 1.62. The van der Waals surface area contributed by atoms with Gasteiger partial charge in [0.1, 0.15) is 0 Å². The van der Waals surface area contributed by atoms with Crippen molar-refractivity contribution in [3.8, 4) is 0 Å². The lowest BCUT2D eigenvalue weighted by Gasteiger charge is -2.08. The summed E-state index contributed by atoms with van der Waals surface area (Å²) in [6, 6.07) is 11.6. The van der Waals surface area contributed by atoms with Gasteiger partial charge in [0.2, 0.25) is 0 Å². The predicted molar refractivity (Wildman–Crippen MR) is 58.9 cm³/mol. The van der Waals surface area contributed by atoms with Crippen LogP contribution in [0.25, 0.3) is 0 Å². The Kier molecular flexibility index (Phi) is 4.12. The maximum atomic E-state index is 5.89. The Balaban J connectivity index is 2.72. The molecule has 1 aromatic carbocycles. The van der Waals surface area contributed by atoms with Crippen LogP contribution in [0.2, 0.25) is 6.04 Å². The Hall–Kier alpha value is -0.533. The summed E-state index contributed by atoms with van der Waals surface area (Å²) in [7, 11) is -0.924. The van der Waals surface area contributed by atoms with E-state index in [0.717, 1.165) is 11.5 Å². The van der Waals surface area contributed by atoms with Crippen molar-refractivity contribution in [1.82, 2.24) is 0 Å². The molecule has 0 N–H and O–H groups in total. The molecule has 0 aromatic heterocycles. The molecule has 0 aliphatic heterocycles. The number of rotatable bonds is 4. The highest BCUT2D eigenvalue weighted by Gasteiger charge is 2.08. The molecule has 0 amide bonds. The number of halogens is 1. The van der Waals surface area contributed by atoms with Crippen LogP contribution in [0.15, 0.2) is 43.0 Å². The standard InChI is InChI=1S/C10H13ClSi/c1-2-8-12(9-11)10-6-4-3-5-7-10/h2-7,12H,1,8-9H2. The minimum absolute atomic E-state index is 0.802. The third-order valence-electron chi connectivity index (χ3n) is 1.91. The monoisotopic (exact) mass is 196 g/mol. The van der Waals surface area contributed by atoms with E-state index in [1.807, 2.05) is 12.1 Å². The molecule has 1 atom stereocenters. The van der Waals surface area contributed by atoms with Gasteiger partial charge < -0.3 is 0 Å². The third-order valence-corrected chi connectivity index (χ3v) is 5.63. The van der Waals surface area contributed by atoms with Crippen molar-refractivity contribution in [2.45, 2.75) is 6.04 Å². The Bertz CT molecular complexity index is 233. The summed E-state index contributed by atoms with van der Waals surface area (Å²) in [5.41, 5.74) is 0.802. The van der Waals surface area contributed by atoms with Crippen LogP contribution in [0.1, 0.15) is 0 Å². The topological polar surface area (TPSA) is 0 Å². The molecular weight excluding hydrogens is 184 g/mol. The Labute approximate surface area is 80.5 Å². The average molecular weight is 197 g/mol. The molecule has 1 unspecified atom stereocenters. The summed E-state index contributed by atoms with van der Waals surface area (Å²) in [5, 5.41) is 1.44. The van der Waals surface area contributed by atoms with Crippen molar-refractivity contribution in [3.63, 3.8) is 0 Å². The van der Waals surface area contributed by atoms with Crippen molar-refractivity contribution in [1.29, 1.82) is 0 Å². The maximum Gasteiger partial charge on any atom is 0.0903 e. The van der Waals surface area contributed by atoms with Crippen molar-refractivity contribution in [2.24, 2.45) is 0 Å². The normalized spacial score (nSPS) is 12.4. The fourth-order valence-corrected chi connectivity index (χ4v) is 3.87. The van der Waals surface area contributed by atoms with Gasteiger partial charge in [0, 0.05) is 5.50 Å². The van der Waals surface area contributed by atoms with Gasteiger partial charge in [-0.3, -0.25) is 0 Å². The van der Waals surface area contributed by atoms with Crippen LogP contribution >= 0.6 is 11.6 Å². The number of benzene rings is 1. The van der Waals surface area contributed by atoms with Crippen LogP contribution in [0, 0.1) is 0 Å². The summed E-state index contributed by atoms with van der Waals surface area (Å²) in [4.78, 5) is 0. The van der Waals surface area contributed by atoms with Crippen molar-refractivity contribution in [3.05, 3.63) is 43.0 Å². The minimum atomic E-state index is -0.924. The van der Waals surface area contributed by atoms with Gasteiger partial charge in [-0.2, -0.15) is 0 Å². The lowest BCUT2D eigenvalue weighted by Crippen LogP contribution is -2.31. The average Bonchev–Trinajstić information content (AvgIpc) is 2.15. The van der Waals surface area contributed by atoms with Gasteiger partial charge in [0.05, 0.1) is 8.80 Å². The Morgan fingerprint density at radius 2 is 2.00 bits per heavy atom. The van der Waals surface area contributed by atoms with Gasteiger partial charge in [-0.1, -0.05) is 41.6 Å². The molecule has 0 bridgehead atoms. The number of alkyl halides is 1. The smallest absolute Gasteiger partial charge is 0.0903 e. The molecule has 0 saturated carbocycles. The van der Waals surface area contributed by atoms with Crippen LogP contribution in [0.5, 0.6) is 0 Å². The summed E-state index contributed by atoms with van der Waals surface area (Å²) < 4.78 is 0. The van der Waals surface area contributed by atoms with E-state index in [2.05, 4.69) is 30.8 Å². The second-order valence-electron chi connectivity index (χ2n) is 2.79. The summed E-state index contributed by atoms with van der Waals surface area (Å²) in [5.74, 6) is 0. The minimum Gasteiger partial charge on any atom is -0.130 e. The number of hydrogen-bond acceptors (Lipinski definition) is 0. The second-order valence-corrected chi connectivity index (χ2v) is 6.55. The molecule has 64 valence electrons. The van der Waals surface area contributed by atoms with Crippen molar-refractivity contribution >= 4 is 25.6 Å². The Morgan fingerprint density at radius 1 is 1.33 bits per heavy atom. The number of hydrogen-bond donors (Lipinski definition) is 0. The van der Waals surface area contributed by atoms with E-state index < -0.39 is 8.80 Å². The van der Waals surface area contributed by atoms with Crippen molar-refractivity contribution < 1.29 is 0 Å². The fraction of sp³-hybridized carbons (Fsp3) is 0.200. The van der Waals surface area contributed by atoms with Crippen molar-refractivity contribution in [2.75, 3.05) is 5.50 Å². The summed E-state index contributed by atoms with van der Waals surface area (Å²) in [6.45, 7) is 3.75. The van der Waals surface area contributed by atoms with Gasteiger partial charge in [-0.15, -0.1) is 18.2 Å². The SMILES string of the molecule is C=CC[SiH](CCl)c1ccccc1. The second kappa shape index (κ2) is 5.17. The van der Waals surface area contributed by atoms with Crippen LogP contribution in [0.4, 0.5) is 0 Å². The zero-order chi connectivity index (χ0) is 8.81. The highest BCUT2D eigenvalue weighted by molar-refractivity contribution is 6.79. The molecule has 0 nitrogen and oxygen atoms in total. The first-order chi connectivity index (χ1) is 5.88. The first-order valence-electron chi connectivity index (χ1n) is 4.10. The van der Waals surface area contributed by atoms with E-state index in [-0.39, 0.29) is 0 Å². The Morgan fingerprint density at radius 3 is 2.50 bits per heavy atom. The highest BCUT2D eigenvalue weighted by Crippen LogP contribution is 1.97. The molecule has 1 aromatic rings. The molecule has 0 aliphatic rings. The van der Waals surface area contributed by atoms with Gasteiger partial charge in [-0.25, -0.2) is 0 Å². The third kappa shape index (κ3) is 2.50. The number of allylic oxidation sites excluding steroid dienone is 1. The van der Waals surface area contributed by atoms with Crippen LogP contribution in [-0.4, -0.2) is 14.3 Å². The quantitative estimate of drug-likeness (QED) is 0.393. The molecule has 0 aliphatic carbocycles. The molecule has 0 saturated heterocycles. The molecule has 1 rings (SSSR count). The first-order valence-corrected chi connectivity index (χ1v) is 6.84. The first kappa shape index (κ1) is 9.55. The predicted octanol–water partition coefficient (Wildman–Crippen LogP) is 2.08. The zero-order valence-corrected chi connectivity index (χ0v) is 8.95. The fourth-order valence-electron chi connectivity index (χ4n) is 1.21. The molecule has 0 radical (unpaired) electrons. The molecular formula is C10H13ClSi. The maximum absolute atomic E-state index is 5.89. The summed E-state index contributed by atoms with van der Waals surface area (Å²) >= 11 is 5.89. The van der Waals surface area contributed by atoms with Crippen LogP contribution in [-0.2, 0) is 0 Å². The van der Waals surface area contributed by atoms with Gasteiger partial charge in [-0.05, 0) is 6.04 Å². The molecule has 0 spiro atoms. The highest BCUT2D eigenvalue weighted by atomic mass is 35.5. The largest absolute Gasteiger partial charge is 0.130 e. The van der Waals surface area contributed by atoms with E-state index in [1.165, 1.54) is 5.19 Å². The lowest BCUT2D eigenvalue weighted by atomic mass is 10.4. The van der Waals surface area contributed by atoms with Crippen LogP contribution < -0.4 is 5.19 Å². The van der Waals surface area contributed by atoms with Gasteiger partial charge in [0.15, 0.2) is 0 Å². The molecule has 2 heteroatoms. The van der Waals surface area contributed by atoms with Crippen LogP contribution in [0.3, 0.4) is 0 Å². The molecule has 0 heterocycles. The van der Waals surface area contributed by atoms with E-state index in [1.54, 1.807) is 0 Å². The van der Waals surface area contributed by atoms with E-state index in [0.29, 0.717) is 0 Å². The zero-order valence-electron chi connectivity index (χ0n) is 7.04. The van der Waals surface area contributed by atoms with Gasteiger partial charge >= 0.3 is 0 Å². The molecule has 12 heavy (non-hydrogen) atoms.